The molecule has 0 aliphatic rings. The van der Waals surface area contributed by atoms with Gasteiger partial charge in [0, 0.05) is 28.8 Å². The Hall–Kier alpha value is -2.13. The SMILES string of the molecule is [Br-].c1ccc(CCC[n+]2ccc3c(c2)[nH]c2ccccc23)cc1. The van der Waals surface area contributed by atoms with Gasteiger partial charge >= 0.3 is 0 Å². The average molecular weight is 367 g/mol. The van der Waals surface area contributed by atoms with E-state index in [0.717, 1.165) is 19.4 Å². The fraction of sp³-hybridized carbons (Fsp3) is 0.150. The van der Waals surface area contributed by atoms with Crippen molar-refractivity contribution in [3.05, 3.63) is 78.6 Å². The van der Waals surface area contributed by atoms with Gasteiger partial charge in [-0.05, 0) is 18.1 Å². The Morgan fingerprint density at radius 1 is 0.783 bits per heavy atom. The summed E-state index contributed by atoms with van der Waals surface area (Å²) in [6.45, 7) is 1.04. The molecule has 0 unspecified atom stereocenters. The van der Waals surface area contributed by atoms with Gasteiger partial charge in [0.2, 0.25) is 0 Å². The number of pyridine rings is 1. The van der Waals surface area contributed by atoms with Crippen molar-refractivity contribution in [2.45, 2.75) is 19.4 Å². The molecule has 0 aliphatic heterocycles. The molecule has 0 atom stereocenters. The summed E-state index contributed by atoms with van der Waals surface area (Å²) in [4.78, 5) is 3.51. The van der Waals surface area contributed by atoms with Crippen LogP contribution in [-0.4, -0.2) is 4.98 Å². The third-order valence-electron chi connectivity index (χ3n) is 4.23. The van der Waals surface area contributed by atoms with E-state index < -0.39 is 0 Å². The molecule has 0 saturated carbocycles. The Morgan fingerprint density at radius 3 is 2.39 bits per heavy atom. The second-order valence-corrected chi connectivity index (χ2v) is 5.77. The third-order valence-corrected chi connectivity index (χ3v) is 4.23. The van der Waals surface area contributed by atoms with Crippen molar-refractivity contribution in [1.82, 2.24) is 4.98 Å². The number of aryl methyl sites for hydroxylation is 2. The molecule has 23 heavy (non-hydrogen) atoms. The van der Waals surface area contributed by atoms with Crippen LogP contribution in [0.2, 0.25) is 0 Å². The highest BCUT2D eigenvalue weighted by Crippen LogP contribution is 2.23. The maximum atomic E-state index is 3.51. The highest BCUT2D eigenvalue weighted by molar-refractivity contribution is 6.06. The van der Waals surface area contributed by atoms with Crippen molar-refractivity contribution in [3.8, 4) is 0 Å². The summed E-state index contributed by atoms with van der Waals surface area (Å²) in [5, 5.41) is 2.60. The summed E-state index contributed by atoms with van der Waals surface area (Å²) in [5.41, 5.74) is 3.83. The van der Waals surface area contributed by atoms with Gasteiger partial charge in [-0.3, -0.25) is 0 Å². The number of benzene rings is 2. The standard InChI is InChI=1S/C20H18N2.BrH/c1-2-7-16(8-3-1)9-6-13-22-14-12-18-17-10-4-5-11-19(17)21-20(18)15-22;/h1-5,7-8,10-12,14-15H,6,9,13H2;1H. The first-order valence-electron chi connectivity index (χ1n) is 7.83. The molecule has 4 aromatic rings. The van der Waals surface area contributed by atoms with E-state index in [1.165, 1.54) is 27.4 Å². The number of nitrogens with one attached hydrogen (secondary N) is 1. The van der Waals surface area contributed by atoms with Crippen LogP contribution in [0, 0.1) is 0 Å². The number of rotatable bonds is 4. The van der Waals surface area contributed by atoms with Crippen LogP contribution < -0.4 is 21.5 Å². The van der Waals surface area contributed by atoms with Crippen molar-refractivity contribution in [2.75, 3.05) is 0 Å². The number of H-pyrrole nitrogens is 1. The van der Waals surface area contributed by atoms with Crippen molar-refractivity contribution >= 4 is 21.8 Å². The molecule has 0 bridgehead atoms. The van der Waals surface area contributed by atoms with Gasteiger partial charge in [-0.2, -0.15) is 0 Å². The number of fused-ring (bicyclic) bond motifs is 3. The molecule has 2 heterocycles. The maximum Gasteiger partial charge on any atom is 0.193 e. The Balaban J connectivity index is 0.00000156. The zero-order valence-corrected chi connectivity index (χ0v) is 14.5. The van der Waals surface area contributed by atoms with Crippen LogP contribution in [0.4, 0.5) is 0 Å². The lowest BCUT2D eigenvalue weighted by Gasteiger charge is -1.99. The molecule has 2 aromatic heterocycles. The van der Waals surface area contributed by atoms with Crippen molar-refractivity contribution in [2.24, 2.45) is 0 Å². The van der Waals surface area contributed by atoms with Gasteiger partial charge in [0.05, 0.1) is 0 Å². The Morgan fingerprint density at radius 2 is 1.52 bits per heavy atom. The lowest BCUT2D eigenvalue weighted by molar-refractivity contribution is -0.696. The van der Waals surface area contributed by atoms with Crippen LogP contribution in [-0.2, 0) is 13.0 Å². The number of hydrogen-bond donors (Lipinski definition) is 1. The monoisotopic (exact) mass is 366 g/mol. The van der Waals surface area contributed by atoms with E-state index in [0.29, 0.717) is 0 Å². The van der Waals surface area contributed by atoms with E-state index in [4.69, 9.17) is 0 Å². The Labute approximate surface area is 146 Å². The minimum atomic E-state index is 0. The molecule has 4 rings (SSSR count). The highest BCUT2D eigenvalue weighted by Gasteiger charge is 2.08. The highest BCUT2D eigenvalue weighted by atomic mass is 79.9. The summed E-state index contributed by atoms with van der Waals surface area (Å²) in [7, 11) is 0. The summed E-state index contributed by atoms with van der Waals surface area (Å²) < 4.78 is 2.28. The summed E-state index contributed by atoms with van der Waals surface area (Å²) in [6.07, 6.45) is 6.69. The smallest absolute Gasteiger partial charge is 0.193 e. The van der Waals surface area contributed by atoms with Gasteiger partial charge in [0.1, 0.15) is 12.1 Å². The number of para-hydroxylation sites is 1. The zero-order chi connectivity index (χ0) is 14.8. The second-order valence-electron chi connectivity index (χ2n) is 5.77. The average Bonchev–Trinajstić information content (AvgIpc) is 2.93. The molecule has 0 radical (unpaired) electrons. The van der Waals surface area contributed by atoms with E-state index in [-0.39, 0.29) is 17.0 Å². The van der Waals surface area contributed by atoms with Crippen LogP contribution in [0.5, 0.6) is 0 Å². The topological polar surface area (TPSA) is 19.7 Å². The van der Waals surface area contributed by atoms with Crippen LogP contribution in [0.1, 0.15) is 12.0 Å². The normalized spacial score (nSPS) is 10.8. The van der Waals surface area contributed by atoms with Gasteiger partial charge in [-0.1, -0.05) is 48.5 Å². The number of aromatic nitrogens is 2. The van der Waals surface area contributed by atoms with Crippen molar-refractivity contribution < 1.29 is 21.5 Å². The fourth-order valence-electron chi connectivity index (χ4n) is 3.09. The molecule has 0 amide bonds. The minimum absolute atomic E-state index is 0. The maximum absolute atomic E-state index is 3.51. The number of nitrogens with zero attached hydrogens (tertiary/aromatic N) is 1. The van der Waals surface area contributed by atoms with E-state index in [9.17, 15) is 0 Å². The van der Waals surface area contributed by atoms with Crippen LogP contribution in [0.3, 0.4) is 0 Å². The summed E-state index contributed by atoms with van der Waals surface area (Å²) in [6, 6.07) is 21.4. The number of hydrogen-bond acceptors (Lipinski definition) is 0. The Kier molecular flexibility index (Phi) is 4.77. The molecule has 2 nitrogen and oxygen atoms in total. The first-order valence-corrected chi connectivity index (χ1v) is 7.83. The van der Waals surface area contributed by atoms with Crippen LogP contribution in [0.15, 0.2) is 73.1 Å². The van der Waals surface area contributed by atoms with Crippen molar-refractivity contribution in [1.29, 1.82) is 0 Å². The van der Waals surface area contributed by atoms with E-state index in [1.807, 2.05) is 0 Å². The summed E-state index contributed by atoms with van der Waals surface area (Å²) in [5.74, 6) is 0. The molecule has 0 spiro atoms. The molecule has 3 heteroatoms. The fourth-order valence-corrected chi connectivity index (χ4v) is 3.09. The molecule has 0 fully saturated rings. The van der Waals surface area contributed by atoms with Gasteiger partial charge in [0.15, 0.2) is 12.4 Å². The first kappa shape index (κ1) is 15.8. The molecule has 0 aliphatic carbocycles. The van der Waals surface area contributed by atoms with E-state index in [1.54, 1.807) is 0 Å². The minimum Gasteiger partial charge on any atom is -1.00 e. The lowest BCUT2D eigenvalue weighted by atomic mass is 10.1. The van der Waals surface area contributed by atoms with Crippen LogP contribution >= 0.6 is 0 Å². The molecule has 2 aromatic carbocycles. The molecular weight excluding hydrogens is 348 g/mol. The first-order chi connectivity index (χ1) is 10.9. The van der Waals surface area contributed by atoms with Gasteiger partial charge in [-0.15, -0.1) is 0 Å². The van der Waals surface area contributed by atoms with Crippen LogP contribution in [0.25, 0.3) is 21.8 Å². The predicted molar refractivity (Wildman–Crippen MR) is 90.8 cm³/mol. The van der Waals surface area contributed by atoms with Crippen molar-refractivity contribution in [3.63, 3.8) is 0 Å². The molecular formula is C20H19BrN2. The van der Waals surface area contributed by atoms with Gasteiger partial charge < -0.3 is 22.0 Å². The zero-order valence-electron chi connectivity index (χ0n) is 12.9. The van der Waals surface area contributed by atoms with E-state index in [2.05, 4.69) is 82.6 Å². The molecule has 0 saturated heterocycles. The number of halogens is 1. The third kappa shape index (κ3) is 3.30. The largest absolute Gasteiger partial charge is 1.00 e. The van der Waals surface area contributed by atoms with Gasteiger partial charge in [-0.25, -0.2) is 4.57 Å². The quantitative estimate of drug-likeness (QED) is 0.524. The number of aromatic amines is 1. The Bertz CT molecular complexity index is 913. The molecule has 116 valence electrons. The molecule has 1 N–H and O–H groups in total. The lowest BCUT2D eigenvalue weighted by Crippen LogP contribution is -3.00. The second kappa shape index (κ2) is 6.97. The summed E-state index contributed by atoms with van der Waals surface area (Å²) >= 11 is 0. The predicted octanol–water partition coefficient (Wildman–Crippen LogP) is 1.25. The van der Waals surface area contributed by atoms with Gasteiger partial charge in [0.25, 0.3) is 0 Å². The van der Waals surface area contributed by atoms with E-state index >= 15 is 0 Å².